The Balaban J connectivity index is 2.27. The molecule has 0 spiro atoms. The number of benzene rings is 1. The van der Waals surface area contributed by atoms with Crippen molar-refractivity contribution in [1.82, 2.24) is 15.3 Å². The summed E-state index contributed by atoms with van der Waals surface area (Å²) in [4.78, 5) is 20.3. The molecule has 0 bridgehead atoms. The molecule has 20 heavy (non-hydrogen) atoms. The van der Waals surface area contributed by atoms with Crippen LogP contribution in [0, 0.1) is 0 Å². The van der Waals surface area contributed by atoms with E-state index in [4.69, 9.17) is 17.2 Å². The maximum atomic E-state index is 11.5. The van der Waals surface area contributed by atoms with Gasteiger partial charge in [0.05, 0.1) is 0 Å². The van der Waals surface area contributed by atoms with Crippen LogP contribution < -0.4 is 22.5 Å². The second kappa shape index (κ2) is 5.66. The van der Waals surface area contributed by atoms with Crippen molar-refractivity contribution in [3.63, 3.8) is 0 Å². The van der Waals surface area contributed by atoms with Gasteiger partial charge in [-0.2, -0.15) is 0 Å². The van der Waals surface area contributed by atoms with E-state index in [0.717, 1.165) is 4.90 Å². The quantitative estimate of drug-likeness (QED) is 0.484. The normalized spacial score (nSPS) is 10.2. The molecule has 0 atom stereocenters. The minimum absolute atomic E-state index is 0.197. The number of nitrogens with one attached hydrogen (secondary N) is 1. The lowest BCUT2D eigenvalue weighted by Gasteiger charge is -2.07. The van der Waals surface area contributed by atoms with Crippen LogP contribution in [-0.4, -0.2) is 22.9 Å². The van der Waals surface area contributed by atoms with E-state index in [-0.39, 0.29) is 5.91 Å². The molecule has 1 heterocycles. The fourth-order valence-corrected chi connectivity index (χ4v) is 2.34. The Morgan fingerprint density at radius 3 is 2.35 bits per heavy atom. The van der Waals surface area contributed by atoms with Gasteiger partial charge in [-0.25, -0.2) is 9.97 Å². The zero-order chi connectivity index (χ0) is 14.7. The Hall–Kier alpha value is -2.48. The number of rotatable bonds is 3. The smallest absolute Gasteiger partial charge is 0.251 e. The Kier molecular flexibility index (Phi) is 3.94. The zero-order valence-corrected chi connectivity index (χ0v) is 11.6. The van der Waals surface area contributed by atoms with Crippen molar-refractivity contribution in [3.8, 4) is 0 Å². The monoisotopic (exact) mass is 290 g/mol. The molecule has 0 aliphatic carbocycles. The Morgan fingerprint density at radius 1 is 1.15 bits per heavy atom. The molecule has 0 aliphatic heterocycles. The number of carbonyl (C=O) groups is 1. The highest BCUT2D eigenvalue weighted by atomic mass is 32.2. The number of hydrogen-bond acceptors (Lipinski definition) is 7. The number of nitrogen functional groups attached to an aromatic ring is 3. The average molecular weight is 290 g/mol. The van der Waals surface area contributed by atoms with Crippen LogP contribution in [0.4, 0.5) is 17.3 Å². The first-order valence-electron chi connectivity index (χ1n) is 5.69. The molecule has 1 aromatic heterocycles. The highest BCUT2D eigenvalue weighted by Crippen LogP contribution is 2.31. The third-order valence-electron chi connectivity index (χ3n) is 2.45. The van der Waals surface area contributed by atoms with E-state index in [1.807, 2.05) is 0 Å². The predicted octanol–water partition coefficient (Wildman–Crippen LogP) is 0.734. The maximum absolute atomic E-state index is 11.5. The van der Waals surface area contributed by atoms with Crippen molar-refractivity contribution in [2.45, 2.75) is 10.1 Å². The van der Waals surface area contributed by atoms with E-state index in [0.29, 0.717) is 28.0 Å². The summed E-state index contributed by atoms with van der Waals surface area (Å²) >= 11 is 1.23. The van der Waals surface area contributed by atoms with E-state index in [1.165, 1.54) is 17.8 Å². The molecule has 104 valence electrons. The van der Waals surface area contributed by atoms with Crippen LogP contribution >= 0.6 is 11.8 Å². The number of hydrogen-bond donors (Lipinski definition) is 4. The predicted molar refractivity (Wildman–Crippen MR) is 79.2 cm³/mol. The molecule has 0 fully saturated rings. The van der Waals surface area contributed by atoms with Gasteiger partial charge >= 0.3 is 0 Å². The van der Waals surface area contributed by atoms with Crippen LogP contribution in [0.1, 0.15) is 10.4 Å². The van der Waals surface area contributed by atoms with Crippen LogP contribution in [-0.2, 0) is 0 Å². The molecule has 8 heteroatoms. The van der Waals surface area contributed by atoms with Gasteiger partial charge in [0.15, 0.2) is 5.16 Å². The second-order valence-corrected chi connectivity index (χ2v) is 4.94. The summed E-state index contributed by atoms with van der Waals surface area (Å²) in [7, 11) is 1.56. The van der Waals surface area contributed by atoms with E-state index in [2.05, 4.69) is 15.3 Å². The van der Waals surface area contributed by atoms with Gasteiger partial charge in [-0.1, -0.05) is 0 Å². The summed E-state index contributed by atoms with van der Waals surface area (Å²) in [5, 5.41) is 2.94. The summed E-state index contributed by atoms with van der Waals surface area (Å²) in [6.07, 6.45) is 0. The van der Waals surface area contributed by atoms with Crippen LogP contribution in [0.2, 0.25) is 0 Å². The molecule has 1 aromatic carbocycles. The van der Waals surface area contributed by atoms with Gasteiger partial charge in [0.1, 0.15) is 11.6 Å². The maximum Gasteiger partial charge on any atom is 0.251 e. The number of nitrogens with two attached hydrogens (primary N) is 3. The number of amides is 1. The first kappa shape index (κ1) is 13.9. The molecule has 1 amide bonds. The molecule has 2 rings (SSSR count). The third kappa shape index (κ3) is 3.09. The van der Waals surface area contributed by atoms with Crippen molar-refractivity contribution in [1.29, 1.82) is 0 Å². The van der Waals surface area contributed by atoms with Gasteiger partial charge < -0.3 is 22.5 Å². The summed E-state index contributed by atoms with van der Waals surface area (Å²) in [6.45, 7) is 0. The fourth-order valence-electron chi connectivity index (χ4n) is 1.53. The highest BCUT2D eigenvalue weighted by Gasteiger charge is 2.09. The average Bonchev–Trinajstić information content (AvgIpc) is 2.39. The topological polar surface area (TPSA) is 133 Å². The largest absolute Gasteiger partial charge is 0.398 e. The standard InChI is InChI=1S/C12H14N6OS/c1-16-11(19)6-2-3-8(7(13)4-6)20-12-17-9(14)5-10(15)18-12/h2-5H,13H2,1H3,(H,16,19)(H4,14,15,17,18). The van der Waals surface area contributed by atoms with Gasteiger partial charge in [0, 0.05) is 29.3 Å². The molecule has 0 radical (unpaired) electrons. The van der Waals surface area contributed by atoms with Crippen molar-refractivity contribution in [2.75, 3.05) is 24.2 Å². The van der Waals surface area contributed by atoms with E-state index in [1.54, 1.807) is 25.2 Å². The number of aromatic nitrogens is 2. The minimum Gasteiger partial charge on any atom is -0.398 e. The zero-order valence-electron chi connectivity index (χ0n) is 10.8. The molecular formula is C12H14N6OS. The number of anilines is 3. The Morgan fingerprint density at radius 2 is 1.80 bits per heavy atom. The number of carbonyl (C=O) groups excluding carboxylic acids is 1. The summed E-state index contributed by atoms with van der Waals surface area (Å²) < 4.78 is 0. The van der Waals surface area contributed by atoms with Crippen molar-refractivity contribution in [2.24, 2.45) is 0 Å². The Bertz CT molecular complexity index is 640. The lowest BCUT2D eigenvalue weighted by molar-refractivity contribution is 0.0963. The van der Waals surface area contributed by atoms with Crippen molar-refractivity contribution >= 4 is 35.0 Å². The van der Waals surface area contributed by atoms with Crippen LogP contribution in [0.5, 0.6) is 0 Å². The summed E-state index contributed by atoms with van der Waals surface area (Å²) in [5.41, 5.74) is 18.1. The van der Waals surface area contributed by atoms with Crippen molar-refractivity contribution in [3.05, 3.63) is 29.8 Å². The van der Waals surface area contributed by atoms with Crippen LogP contribution in [0.25, 0.3) is 0 Å². The van der Waals surface area contributed by atoms with Crippen LogP contribution in [0.15, 0.2) is 34.3 Å². The highest BCUT2D eigenvalue weighted by molar-refractivity contribution is 7.99. The molecule has 2 aromatic rings. The fraction of sp³-hybridized carbons (Fsp3) is 0.0833. The van der Waals surface area contributed by atoms with Gasteiger partial charge in [0.2, 0.25) is 0 Å². The van der Waals surface area contributed by atoms with Crippen LogP contribution in [0.3, 0.4) is 0 Å². The molecular weight excluding hydrogens is 276 g/mol. The number of nitrogens with zero attached hydrogens (tertiary/aromatic N) is 2. The first-order chi connectivity index (χ1) is 9.49. The second-order valence-electron chi connectivity index (χ2n) is 3.93. The minimum atomic E-state index is -0.197. The van der Waals surface area contributed by atoms with Gasteiger partial charge in [0.25, 0.3) is 5.91 Å². The summed E-state index contributed by atoms with van der Waals surface area (Å²) in [5.74, 6) is 0.388. The first-order valence-corrected chi connectivity index (χ1v) is 6.50. The van der Waals surface area contributed by atoms with Gasteiger partial charge in [-0.15, -0.1) is 0 Å². The van der Waals surface area contributed by atoms with Crippen molar-refractivity contribution < 1.29 is 4.79 Å². The van der Waals surface area contributed by atoms with E-state index < -0.39 is 0 Å². The lowest BCUT2D eigenvalue weighted by Crippen LogP contribution is -2.17. The SMILES string of the molecule is CNC(=O)c1ccc(Sc2nc(N)cc(N)n2)c(N)c1. The summed E-state index contributed by atoms with van der Waals surface area (Å²) in [6, 6.07) is 6.47. The Labute approximate surface area is 120 Å². The lowest BCUT2D eigenvalue weighted by atomic mass is 10.2. The third-order valence-corrected chi connectivity index (χ3v) is 3.40. The van der Waals surface area contributed by atoms with Gasteiger partial charge in [-0.3, -0.25) is 4.79 Å². The molecule has 0 saturated heterocycles. The molecule has 0 unspecified atom stereocenters. The van der Waals surface area contributed by atoms with Gasteiger partial charge in [-0.05, 0) is 30.0 Å². The molecule has 0 saturated carbocycles. The molecule has 7 N–H and O–H groups in total. The molecule has 0 aliphatic rings. The van der Waals surface area contributed by atoms with E-state index >= 15 is 0 Å². The molecule has 7 nitrogen and oxygen atoms in total. The van der Waals surface area contributed by atoms with E-state index in [9.17, 15) is 4.79 Å².